The van der Waals surface area contributed by atoms with Crippen molar-refractivity contribution < 1.29 is 28.7 Å². The van der Waals surface area contributed by atoms with Crippen LogP contribution in [0.2, 0.25) is 0 Å². The molecule has 0 saturated heterocycles. The molecule has 1 heterocycles. The quantitative estimate of drug-likeness (QED) is 0.388. The van der Waals surface area contributed by atoms with Crippen molar-refractivity contribution in [3.05, 3.63) is 62.5 Å². The van der Waals surface area contributed by atoms with Gasteiger partial charge in [0.1, 0.15) is 6.73 Å². The lowest BCUT2D eigenvalue weighted by molar-refractivity contribution is -0.384. The number of nitrogens with zero attached hydrogens (tertiary/aromatic N) is 2. The highest BCUT2D eigenvalue weighted by molar-refractivity contribution is 5.99. The summed E-state index contributed by atoms with van der Waals surface area (Å²) in [5, 5.41) is 11.3. The number of hydrogen-bond acceptors (Lipinski definition) is 8. The first-order valence-corrected chi connectivity index (χ1v) is 8.96. The van der Waals surface area contributed by atoms with E-state index in [1.54, 1.807) is 24.8 Å². The molecule has 0 aromatic heterocycles. The summed E-state index contributed by atoms with van der Waals surface area (Å²) in [6, 6.07) is 5.82. The van der Waals surface area contributed by atoms with Crippen LogP contribution in [0.5, 0.6) is 0 Å². The van der Waals surface area contributed by atoms with E-state index >= 15 is 0 Å². The van der Waals surface area contributed by atoms with Crippen molar-refractivity contribution in [2.75, 3.05) is 27.6 Å². The number of benzene rings is 1. The van der Waals surface area contributed by atoms with Gasteiger partial charge in [0.25, 0.3) is 5.69 Å². The molecule has 156 valence electrons. The van der Waals surface area contributed by atoms with Gasteiger partial charge in [-0.05, 0) is 26.3 Å². The van der Waals surface area contributed by atoms with Crippen LogP contribution < -0.4 is 0 Å². The molecule has 29 heavy (non-hydrogen) atoms. The van der Waals surface area contributed by atoms with Crippen LogP contribution in [0.3, 0.4) is 0 Å². The molecule has 2 rings (SSSR count). The first kappa shape index (κ1) is 22.1. The fourth-order valence-electron chi connectivity index (χ4n) is 3.38. The number of carbonyl (C=O) groups excluding carboxylic acids is 2. The number of ether oxygens (including phenoxy) is 3. The second-order valence-corrected chi connectivity index (χ2v) is 6.32. The van der Waals surface area contributed by atoms with E-state index in [4.69, 9.17) is 14.2 Å². The number of nitro benzene ring substituents is 1. The molecule has 1 aliphatic heterocycles. The molecule has 0 amide bonds. The lowest BCUT2D eigenvalue weighted by Crippen LogP contribution is -2.36. The van der Waals surface area contributed by atoms with Crippen LogP contribution in [-0.4, -0.2) is 49.3 Å². The summed E-state index contributed by atoms with van der Waals surface area (Å²) < 4.78 is 15.4. The number of hydrogen-bond donors (Lipinski definition) is 0. The Morgan fingerprint density at radius 1 is 1.10 bits per heavy atom. The Bertz CT molecular complexity index is 849. The van der Waals surface area contributed by atoms with Gasteiger partial charge in [-0.1, -0.05) is 12.1 Å². The lowest BCUT2D eigenvalue weighted by Gasteiger charge is -2.37. The highest BCUT2D eigenvalue weighted by Crippen LogP contribution is 2.43. The third-order valence-electron chi connectivity index (χ3n) is 4.82. The molecule has 1 aromatic carbocycles. The Morgan fingerprint density at radius 3 is 2.10 bits per heavy atom. The number of methoxy groups -OCH3 is 2. The summed E-state index contributed by atoms with van der Waals surface area (Å²) in [6.45, 7) is 5.82. The topological polar surface area (TPSA) is 108 Å². The zero-order valence-corrected chi connectivity index (χ0v) is 17.1. The maximum atomic E-state index is 12.7. The van der Waals surface area contributed by atoms with Crippen LogP contribution in [0.15, 0.2) is 46.8 Å². The molecule has 0 atom stereocenters. The molecular formula is C20H24N2O7. The van der Waals surface area contributed by atoms with Gasteiger partial charge in [0.2, 0.25) is 0 Å². The van der Waals surface area contributed by atoms with Gasteiger partial charge in [0, 0.05) is 30.1 Å². The van der Waals surface area contributed by atoms with E-state index in [1.165, 1.54) is 32.4 Å². The van der Waals surface area contributed by atoms with Crippen LogP contribution in [0.25, 0.3) is 0 Å². The Balaban J connectivity index is 2.78. The monoisotopic (exact) mass is 404 g/mol. The van der Waals surface area contributed by atoms with Crippen LogP contribution in [0.4, 0.5) is 5.69 Å². The smallest absolute Gasteiger partial charge is 0.336 e. The molecular weight excluding hydrogens is 380 g/mol. The minimum atomic E-state index is -0.882. The van der Waals surface area contributed by atoms with Gasteiger partial charge in [-0.25, -0.2) is 9.59 Å². The van der Waals surface area contributed by atoms with E-state index < -0.39 is 22.8 Å². The molecule has 9 nitrogen and oxygen atoms in total. The summed E-state index contributed by atoms with van der Waals surface area (Å²) in [4.78, 5) is 37.8. The normalized spacial score (nSPS) is 14.9. The van der Waals surface area contributed by atoms with Gasteiger partial charge >= 0.3 is 11.9 Å². The maximum absolute atomic E-state index is 12.7. The van der Waals surface area contributed by atoms with Crippen molar-refractivity contribution in [2.45, 2.75) is 26.7 Å². The van der Waals surface area contributed by atoms with Crippen LogP contribution in [0.1, 0.15) is 32.3 Å². The number of esters is 2. The van der Waals surface area contributed by atoms with Gasteiger partial charge in [-0.15, -0.1) is 0 Å². The Hall–Kier alpha value is -3.20. The highest BCUT2D eigenvalue weighted by atomic mass is 16.6. The summed E-state index contributed by atoms with van der Waals surface area (Å²) in [5.74, 6) is -2.17. The van der Waals surface area contributed by atoms with Crippen molar-refractivity contribution in [2.24, 2.45) is 0 Å². The second kappa shape index (κ2) is 9.33. The molecule has 9 heteroatoms. The van der Waals surface area contributed by atoms with Gasteiger partial charge in [-0.3, -0.25) is 10.1 Å². The van der Waals surface area contributed by atoms with Crippen LogP contribution in [0, 0.1) is 10.1 Å². The Morgan fingerprint density at radius 2 is 1.66 bits per heavy atom. The molecule has 0 bridgehead atoms. The molecule has 1 aliphatic rings. The average Bonchev–Trinajstić information content (AvgIpc) is 2.72. The molecule has 0 fully saturated rings. The minimum absolute atomic E-state index is 0.122. The highest BCUT2D eigenvalue weighted by Gasteiger charge is 2.40. The van der Waals surface area contributed by atoms with E-state index in [2.05, 4.69) is 0 Å². The van der Waals surface area contributed by atoms with Gasteiger partial charge in [0.15, 0.2) is 0 Å². The molecule has 0 spiro atoms. The van der Waals surface area contributed by atoms with E-state index in [1.807, 2.05) is 6.92 Å². The molecule has 0 unspecified atom stereocenters. The molecule has 1 aromatic rings. The fourth-order valence-corrected chi connectivity index (χ4v) is 3.38. The largest absolute Gasteiger partial charge is 0.466 e. The van der Waals surface area contributed by atoms with Crippen LogP contribution >= 0.6 is 0 Å². The van der Waals surface area contributed by atoms with Crippen LogP contribution in [-0.2, 0) is 23.8 Å². The number of nitro groups is 1. The zero-order valence-electron chi connectivity index (χ0n) is 17.1. The fraction of sp³-hybridized carbons (Fsp3) is 0.400. The molecule has 0 saturated carbocycles. The summed E-state index contributed by atoms with van der Waals surface area (Å²) in [5.41, 5.74) is 1.72. The van der Waals surface area contributed by atoms with Crippen molar-refractivity contribution in [3.8, 4) is 0 Å². The van der Waals surface area contributed by atoms with Crippen molar-refractivity contribution in [3.63, 3.8) is 0 Å². The Kier molecular flexibility index (Phi) is 7.11. The van der Waals surface area contributed by atoms with Gasteiger partial charge in [0.05, 0.1) is 36.2 Å². The lowest BCUT2D eigenvalue weighted by atomic mass is 9.79. The second-order valence-electron chi connectivity index (χ2n) is 6.32. The minimum Gasteiger partial charge on any atom is -0.466 e. The number of allylic oxidation sites excluding steroid dienone is 2. The van der Waals surface area contributed by atoms with E-state index in [-0.39, 0.29) is 23.6 Å². The first-order chi connectivity index (χ1) is 13.8. The summed E-state index contributed by atoms with van der Waals surface area (Å²) >= 11 is 0. The van der Waals surface area contributed by atoms with Gasteiger partial charge < -0.3 is 19.1 Å². The molecule has 0 aliphatic carbocycles. The predicted octanol–water partition coefficient (Wildman–Crippen LogP) is 2.88. The number of rotatable bonds is 7. The first-order valence-electron chi connectivity index (χ1n) is 8.96. The van der Waals surface area contributed by atoms with E-state index in [9.17, 15) is 19.7 Å². The van der Waals surface area contributed by atoms with Crippen molar-refractivity contribution in [1.82, 2.24) is 4.90 Å². The molecule has 0 N–H and O–H groups in total. The maximum Gasteiger partial charge on any atom is 0.336 e. The number of non-ortho nitro benzene ring substituents is 1. The van der Waals surface area contributed by atoms with Gasteiger partial charge in [-0.2, -0.15) is 0 Å². The number of carbonyl (C=O) groups is 2. The molecule has 0 radical (unpaired) electrons. The van der Waals surface area contributed by atoms with Crippen molar-refractivity contribution in [1.29, 1.82) is 0 Å². The Labute approximate surface area is 168 Å². The van der Waals surface area contributed by atoms with Crippen molar-refractivity contribution >= 4 is 17.6 Å². The zero-order chi connectivity index (χ0) is 21.7. The standard InChI is InChI=1S/C20H24N2O7/c1-6-29-11-21-12(2)16(19(23)27-4)18(17(13(21)3)20(24)28-5)14-8-7-9-15(10-14)22(25)26/h7-10,18H,6,11H2,1-5H3. The third-order valence-corrected chi connectivity index (χ3v) is 4.82. The van der Waals surface area contributed by atoms with E-state index in [0.717, 1.165) is 0 Å². The van der Waals surface area contributed by atoms with E-state index in [0.29, 0.717) is 23.6 Å². The predicted molar refractivity (Wildman–Crippen MR) is 104 cm³/mol. The summed E-state index contributed by atoms with van der Waals surface area (Å²) in [7, 11) is 2.48. The SMILES string of the molecule is CCOCN1C(C)=C(C(=O)OC)C(c2cccc([N+](=O)[O-])c2)C(C(=O)OC)=C1C. The average molecular weight is 404 g/mol. The third kappa shape index (κ3) is 4.29. The summed E-state index contributed by atoms with van der Waals surface area (Å²) in [6.07, 6.45) is 0.